The van der Waals surface area contributed by atoms with E-state index >= 15 is 0 Å². The summed E-state index contributed by atoms with van der Waals surface area (Å²) in [6, 6.07) is 11.8. The molecule has 2 heterocycles. The SMILES string of the molecule is O=C1CCCC2=C1C(c1ccc(F)cc1)n1nc(-c3ccccc3F)nc1N2. The molecule has 0 radical (unpaired) electrons. The zero-order valence-corrected chi connectivity index (χ0v) is 14.8. The Bertz CT molecular complexity index is 1120. The van der Waals surface area contributed by atoms with Gasteiger partial charge < -0.3 is 5.32 Å². The number of ketones is 1. The van der Waals surface area contributed by atoms with Gasteiger partial charge in [0, 0.05) is 17.7 Å². The number of aromatic nitrogens is 3. The van der Waals surface area contributed by atoms with E-state index in [2.05, 4.69) is 15.4 Å². The van der Waals surface area contributed by atoms with Crippen molar-refractivity contribution in [2.45, 2.75) is 25.3 Å². The monoisotopic (exact) mass is 378 g/mol. The lowest BCUT2D eigenvalue weighted by atomic mass is 9.85. The van der Waals surface area contributed by atoms with Gasteiger partial charge in [0.05, 0.1) is 5.56 Å². The number of fused-ring (bicyclic) bond motifs is 1. The Kier molecular flexibility index (Phi) is 3.82. The molecule has 0 spiro atoms. The highest BCUT2D eigenvalue weighted by Gasteiger charge is 2.37. The summed E-state index contributed by atoms with van der Waals surface area (Å²) in [6.45, 7) is 0. The van der Waals surface area contributed by atoms with Crippen molar-refractivity contribution in [2.24, 2.45) is 0 Å². The van der Waals surface area contributed by atoms with Crippen molar-refractivity contribution in [1.82, 2.24) is 14.8 Å². The van der Waals surface area contributed by atoms with Crippen LogP contribution in [-0.2, 0) is 4.79 Å². The van der Waals surface area contributed by atoms with Gasteiger partial charge in [0.25, 0.3) is 0 Å². The van der Waals surface area contributed by atoms with Crippen molar-refractivity contribution >= 4 is 11.7 Å². The Morgan fingerprint density at radius 3 is 2.61 bits per heavy atom. The molecule has 7 heteroatoms. The maximum Gasteiger partial charge on any atom is 0.226 e. The minimum absolute atomic E-state index is 0.0386. The lowest BCUT2D eigenvalue weighted by molar-refractivity contribution is -0.116. The van der Waals surface area contributed by atoms with Crippen LogP contribution in [0.2, 0.25) is 0 Å². The summed E-state index contributed by atoms with van der Waals surface area (Å²) in [7, 11) is 0. The van der Waals surface area contributed by atoms with E-state index in [1.807, 2.05) is 0 Å². The summed E-state index contributed by atoms with van der Waals surface area (Å²) < 4.78 is 29.3. The normalized spacial score (nSPS) is 18.5. The summed E-state index contributed by atoms with van der Waals surface area (Å²) in [5.41, 5.74) is 2.45. The molecule has 3 aromatic rings. The molecule has 5 rings (SSSR count). The summed E-state index contributed by atoms with van der Waals surface area (Å²) in [4.78, 5) is 17.2. The van der Waals surface area contributed by atoms with Crippen molar-refractivity contribution in [2.75, 3.05) is 5.32 Å². The number of nitrogens with zero attached hydrogens (tertiary/aromatic N) is 3. The average molecular weight is 378 g/mol. The fourth-order valence-electron chi connectivity index (χ4n) is 3.87. The first kappa shape index (κ1) is 16.8. The van der Waals surface area contributed by atoms with Crippen LogP contribution in [0.15, 0.2) is 59.8 Å². The zero-order valence-electron chi connectivity index (χ0n) is 14.8. The number of anilines is 1. The first-order valence-electron chi connectivity index (χ1n) is 9.12. The minimum Gasteiger partial charge on any atom is -0.328 e. The summed E-state index contributed by atoms with van der Waals surface area (Å²) in [6.07, 6.45) is 1.94. The molecule has 1 aliphatic heterocycles. The maximum absolute atomic E-state index is 14.2. The number of benzene rings is 2. The lowest BCUT2D eigenvalue weighted by Crippen LogP contribution is -2.31. The van der Waals surface area contributed by atoms with Gasteiger partial charge in [-0.3, -0.25) is 4.79 Å². The van der Waals surface area contributed by atoms with Gasteiger partial charge in [-0.25, -0.2) is 13.5 Å². The third-order valence-corrected chi connectivity index (χ3v) is 5.17. The fraction of sp³-hybridized carbons (Fsp3) is 0.190. The highest BCUT2D eigenvalue weighted by atomic mass is 19.1. The molecule has 28 heavy (non-hydrogen) atoms. The molecule has 140 valence electrons. The Hall–Kier alpha value is -3.35. The predicted octanol–water partition coefficient (Wildman–Crippen LogP) is 4.25. The van der Waals surface area contributed by atoms with Gasteiger partial charge in [-0.15, -0.1) is 5.10 Å². The second kappa shape index (κ2) is 6.37. The summed E-state index contributed by atoms with van der Waals surface area (Å²) in [5.74, 6) is -0.0528. The minimum atomic E-state index is -0.521. The number of carbonyl (C=O) groups excluding carboxylic acids is 1. The van der Waals surface area contributed by atoms with E-state index in [0.717, 1.165) is 24.1 Å². The van der Waals surface area contributed by atoms with Gasteiger partial charge >= 0.3 is 0 Å². The molecule has 2 aliphatic rings. The smallest absolute Gasteiger partial charge is 0.226 e. The van der Waals surface area contributed by atoms with Crippen molar-refractivity contribution in [3.63, 3.8) is 0 Å². The van der Waals surface area contributed by atoms with E-state index in [1.54, 1.807) is 35.0 Å². The van der Waals surface area contributed by atoms with E-state index in [0.29, 0.717) is 17.9 Å². The third kappa shape index (κ3) is 2.62. The average Bonchev–Trinajstić information content (AvgIpc) is 3.11. The van der Waals surface area contributed by atoms with E-state index in [-0.39, 0.29) is 23.0 Å². The Labute approximate surface area is 159 Å². The van der Waals surface area contributed by atoms with Crippen molar-refractivity contribution in [3.05, 3.63) is 77.0 Å². The van der Waals surface area contributed by atoms with E-state index in [1.165, 1.54) is 18.2 Å². The molecule has 1 N–H and O–H groups in total. The third-order valence-electron chi connectivity index (χ3n) is 5.17. The Morgan fingerprint density at radius 1 is 1.04 bits per heavy atom. The molecule has 2 aromatic carbocycles. The Balaban J connectivity index is 1.69. The van der Waals surface area contributed by atoms with Gasteiger partial charge in [-0.1, -0.05) is 24.3 Å². The molecule has 1 unspecified atom stereocenters. The first-order valence-corrected chi connectivity index (χ1v) is 9.12. The second-order valence-electron chi connectivity index (χ2n) is 6.93. The highest BCUT2D eigenvalue weighted by Crippen LogP contribution is 2.40. The summed E-state index contributed by atoms with van der Waals surface area (Å²) in [5, 5.41) is 7.71. The lowest BCUT2D eigenvalue weighted by Gasteiger charge is -2.32. The first-order chi connectivity index (χ1) is 13.6. The molecular weight excluding hydrogens is 362 g/mol. The molecule has 1 atom stereocenters. The van der Waals surface area contributed by atoms with Crippen LogP contribution in [0, 0.1) is 11.6 Å². The molecule has 1 aliphatic carbocycles. The van der Waals surface area contributed by atoms with E-state index in [9.17, 15) is 13.6 Å². The number of Topliss-reactive ketones (excluding diaryl/α,β-unsaturated/α-hetero) is 1. The molecular formula is C21H16F2N4O. The number of allylic oxidation sites excluding steroid dienone is 2. The van der Waals surface area contributed by atoms with Gasteiger partial charge in [-0.2, -0.15) is 4.98 Å². The van der Waals surface area contributed by atoms with Crippen LogP contribution in [0.25, 0.3) is 11.4 Å². The van der Waals surface area contributed by atoms with E-state index in [4.69, 9.17) is 0 Å². The molecule has 1 aromatic heterocycles. The molecule has 0 saturated heterocycles. The van der Waals surface area contributed by atoms with Crippen LogP contribution in [0.1, 0.15) is 30.9 Å². The van der Waals surface area contributed by atoms with Gasteiger partial charge in [0.15, 0.2) is 11.6 Å². The highest BCUT2D eigenvalue weighted by molar-refractivity contribution is 5.99. The summed E-state index contributed by atoms with van der Waals surface area (Å²) >= 11 is 0. The number of hydrogen-bond acceptors (Lipinski definition) is 4. The predicted molar refractivity (Wildman–Crippen MR) is 99.5 cm³/mol. The van der Waals surface area contributed by atoms with Crippen molar-refractivity contribution < 1.29 is 13.6 Å². The quantitative estimate of drug-likeness (QED) is 0.724. The van der Waals surface area contributed by atoms with E-state index < -0.39 is 11.9 Å². The topological polar surface area (TPSA) is 59.8 Å². The zero-order chi connectivity index (χ0) is 19.3. The van der Waals surface area contributed by atoms with Crippen LogP contribution in [0.3, 0.4) is 0 Å². The molecule has 0 bridgehead atoms. The van der Waals surface area contributed by atoms with Crippen molar-refractivity contribution in [3.8, 4) is 11.4 Å². The van der Waals surface area contributed by atoms with Gasteiger partial charge in [0.2, 0.25) is 5.95 Å². The van der Waals surface area contributed by atoms with Crippen LogP contribution in [0.4, 0.5) is 14.7 Å². The molecule has 0 fully saturated rings. The fourth-order valence-corrected chi connectivity index (χ4v) is 3.87. The van der Waals surface area contributed by atoms with Crippen molar-refractivity contribution in [1.29, 1.82) is 0 Å². The van der Waals surface area contributed by atoms with Crippen LogP contribution >= 0.6 is 0 Å². The van der Waals surface area contributed by atoms with Gasteiger partial charge in [0.1, 0.15) is 17.7 Å². The maximum atomic E-state index is 14.2. The van der Waals surface area contributed by atoms with Crippen LogP contribution < -0.4 is 5.32 Å². The number of carbonyl (C=O) groups is 1. The second-order valence-corrected chi connectivity index (χ2v) is 6.93. The molecule has 0 amide bonds. The van der Waals surface area contributed by atoms with Gasteiger partial charge in [-0.05, 0) is 42.7 Å². The number of hydrogen-bond donors (Lipinski definition) is 1. The van der Waals surface area contributed by atoms with Crippen LogP contribution in [0.5, 0.6) is 0 Å². The number of rotatable bonds is 2. The number of nitrogens with one attached hydrogen (secondary N) is 1. The standard InChI is InChI=1S/C21H16F2N4O/c22-13-10-8-12(9-11-13)19-18-16(6-3-7-17(18)28)24-21-25-20(26-27(19)21)14-4-1-2-5-15(14)23/h1-2,4-5,8-11,19H,3,6-7H2,(H,24,25,26). The largest absolute Gasteiger partial charge is 0.328 e. The Morgan fingerprint density at radius 2 is 1.82 bits per heavy atom. The molecule has 0 saturated carbocycles. The molecule has 5 nitrogen and oxygen atoms in total. The number of halogens is 2. The van der Waals surface area contributed by atoms with Crippen LogP contribution in [-0.4, -0.2) is 20.5 Å².